The maximum absolute atomic E-state index is 12.7. The summed E-state index contributed by atoms with van der Waals surface area (Å²) in [6, 6.07) is 25.4. The molecular weight excluding hydrogens is 539 g/mol. The number of halogens is 2. The number of amides is 1. The molecule has 0 aliphatic rings. The number of benzene rings is 4. The molecule has 39 heavy (non-hydrogen) atoms. The van der Waals surface area contributed by atoms with Crippen molar-refractivity contribution in [1.29, 1.82) is 0 Å². The van der Waals surface area contributed by atoms with Crippen molar-refractivity contribution >= 4 is 35.3 Å². The maximum atomic E-state index is 12.7. The van der Waals surface area contributed by atoms with E-state index in [1.165, 1.54) is 20.4 Å². The van der Waals surface area contributed by atoms with Crippen LogP contribution in [-0.4, -0.2) is 26.3 Å². The standard InChI is InChI=1S/C30H26Cl2N2O5/c1-36-27-16-22(12-13-26(27)38-18-20-8-4-3-5-9-20)30(35)34-33-17-21-14-25(32)29(28(15-21)37-2)39-19-23-10-6-7-11-24(23)31/h3-17H,18-19H2,1-2H3,(H,34,35)/b33-17+. The van der Waals surface area contributed by atoms with Gasteiger partial charge in [0.2, 0.25) is 0 Å². The first-order valence-electron chi connectivity index (χ1n) is 11.9. The Hall–Kier alpha value is -4.20. The van der Waals surface area contributed by atoms with Gasteiger partial charge in [-0.1, -0.05) is 71.7 Å². The van der Waals surface area contributed by atoms with E-state index in [0.29, 0.717) is 50.8 Å². The molecule has 4 aromatic rings. The summed E-state index contributed by atoms with van der Waals surface area (Å²) < 4.78 is 22.6. The highest BCUT2D eigenvalue weighted by Crippen LogP contribution is 2.37. The highest BCUT2D eigenvalue weighted by molar-refractivity contribution is 6.32. The van der Waals surface area contributed by atoms with Crippen molar-refractivity contribution in [3.8, 4) is 23.0 Å². The second-order valence-corrected chi connectivity index (χ2v) is 9.07. The summed E-state index contributed by atoms with van der Waals surface area (Å²) in [5.74, 6) is 1.34. The van der Waals surface area contributed by atoms with Gasteiger partial charge in [0.1, 0.15) is 13.2 Å². The lowest BCUT2D eigenvalue weighted by molar-refractivity contribution is 0.0954. The average molecular weight is 565 g/mol. The van der Waals surface area contributed by atoms with Gasteiger partial charge < -0.3 is 18.9 Å². The van der Waals surface area contributed by atoms with E-state index in [-0.39, 0.29) is 6.61 Å². The van der Waals surface area contributed by atoms with Crippen molar-refractivity contribution in [3.05, 3.63) is 117 Å². The Balaban J connectivity index is 1.39. The van der Waals surface area contributed by atoms with E-state index in [9.17, 15) is 4.79 Å². The molecule has 0 spiro atoms. The Kier molecular flexibility index (Phi) is 9.67. The van der Waals surface area contributed by atoms with Crippen LogP contribution in [-0.2, 0) is 13.2 Å². The molecule has 9 heteroatoms. The van der Waals surface area contributed by atoms with Crippen molar-refractivity contribution in [3.63, 3.8) is 0 Å². The van der Waals surface area contributed by atoms with Crippen LogP contribution in [0.25, 0.3) is 0 Å². The smallest absolute Gasteiger partial charge is 0.271 e. The zero-order valence-electron chi connectivity index (χ0n) is 21.3. The quantitative estimate of drug-likeness (QED) is 0.158. The number of hydrogen-bond donors (Lipinski definition) is 1. The zero-order chi connectivity index (χ0) is 27.6. The molecule has 0 bridgehead atoms. The first-order chi connectivity index (χ1) is 19.0. The van der Waals surface area contributed by atoms with Crippen LogP contribution >= 0.6 is 23.2 Å². The van der Waals surface area contributed by atoms with Crippen molar-refractivity contribution < 1.29 is 23.7 Å². The zero-order valence-corrected chi connectivity index (χ0v) is 22.8. The summed E-state index contributed by atoms with van der Waals surface area (Å²) in [6.07, 6.45) is 1.46. The molecular formula is C30H26Cl2N2O5. The predicted molar refractivity (Wildman–Crippen MR) is 153 cm³/mol. The molecule has 0 saturated heterocycles. The van der Waals surface area contributed by atoms with Crippen molar-refractivity contribution in [1.82, 2.24) is 5.43 Å². The third kappa shape index (κ3) is 7.44. The van der Waals surface area contributed by atoms with Crippen LogP contribution in [0.3, 0.4) is 0 Å². The monoisotopic (exact) mass is 564 g/mol. The summed E-state index contributed by atoms with van der Waals surface area (Å²) in [7, 11) is 3.03. The molecule has 0 saturated carbocycles. The van der Waals surface area contributed by atoms with Gasteiger partial charge in [-0.2, -0.15) is 5.10 Å². The molecule has 4 aromatic carbocycles. The van der Waals surface area contributed by atoms with Crippen LogP contribution in [0.4, 0.5) is 0 Å². The lowest BCUT2D eigenvalue weighted by Gasteiger charge is -2.14. The minimum Gasteiger partial charge on any atom is -0.493 e. The SMILES string of the molecule is COc1cc(C(=O)N/N=C/c2cc(Cl)c(OCc3ccccc3Cl)c(OC)c2)ccc1OCc1ccccc1. The van der Waals surface area contributed by atoms with E-state index in [2.05, 4.69) is 10.5 Å². The van der Waals surface area contributed by atoms with Gasteiger partial charge in [-0.05, 0) is 47.5 Å². The fraction of sp³-hybridized carbons (Fsp3) is 0.133. The number of hydrazone groups is 1. The summed E-state index contributed by atoms with van der Waals surface area (Å²) in [5.41, 5.74) is 5.30. The van der Waals surface area contributed by atoms with Crippen LogP contribution in [0.15, 0.2) is 90.0 Å². The highest BCUT2D eigenvalue weighted by atomic mass is 35.5. The Labute approximate surface area is 236 Å². The molecule has 0 atom stereocenters. The van der Waals surface area contributed by atoms with Crippen molar-refractivity contribution in [2.24, 2.45) is 5.10 Å². The lowest BCUT2D eigenvalue weighted by atomic mass is 10.2. The number of carbonyl (C=O) groups is 1. The lowest BCUT2D eigenvalue weighted by Crippen LogP contribution is -2.17. The van der Waals surface area contributed by atoms with E-state index in [1.54, 1.807) is 36.4 Å². The van der Waals surface area contributed by atoms with Gasteiger partial charge in [0.05, 0.1) is 25.5 Å². The molecule has 0 aliphatic heterocycles. The van der Waals surface area contributed by atoms with Crippen molar-refractivity contribution in [2.75, 3.05) is 14.2 Å². The molecule has 0 radical (unpaired) electrons. The van der Waals surface area contributed by atoms with Gasteiger partial charge >= 0.3 is 0 Å². The van der Waals surface area contributed by atoms with Gasteiger partial charge in [0.25, 0.3) is 5.91 Å². The number of rotatable bonds is 11. The van der Waals surface area contributed by atoms with E-state index in [0.717, 1.165) is 11.1 Å². The van der Waals surface area contributed by atoms with Gasteiger partial charge in [0.15, 0.2) is 23.0 Å². The van der Waals surface area contributed by atoms with Crippen molar-refractivity contribution in [2.45, 2.75) is 13.2 Å². The van der Waals surface area contributed by atoms with Crippen LogP contribution in [0.2, 0.25) is 10.0 Å². The van der Waals surface area contributed by atoms with E-state index >= 15 is 0 Å². The second-order valence-electron chi connectivity index (χ2n) is 8.25. The average Bonchev–Trinajstić information content (AvgIpc) is 2.96. The number of ether oxygens (including phenoxy) is 4. The molecule has 0 aliphatic carbocycles. The fourth-order valence-corrected chi connectivity index (χ4v) is 4.08. The number of carbonyl (C=O) groups excluding carboxylic acids is 1. The fourth-order valence-electron chi connectivity index (χ4n) is 3.61. The summed E-state index contributed by atoms with van der Waals surface area (Å²) >= 11 is 12.7. The third-order valence-corrected chi connectivity index (χ3v) is 6.27. The van der Waals surface area contributed by atoms with E-state index < -0.39 is 5.91 Å². The Morgan fingerprint density at radius 1 is 0.795 bits per heavy atom. The Bertz CT molecular complexity index is 1460. The van der Waals surface area contributed by atoms with Gasteiger partial charge in [-0.25, -0.2) is 5.43 Å². The summed E-state index contributed by atoms with van der Waals surface area (Å²) in [4.78, 5) is 12.7. The van der Waals surface area contributed by atoms with Gasteiger partial charge in [-0.15, -0.1) is 0 Å². The molecule has 7 nitrogen and oxygen atoms in total. The molecule has 1 N–H and O–H groups in total. The first-order valence-corrected chi connectivity index (χ1v) is 12.7. The van der Waals surface area contributed by atoms with Gasteiger partial charge in [0, 0.05) is 16.1 Å². The molecule has 0 unspecified atom stereocenters. The van der Waals surface area contributed by atoms with Crippen LogP contribution in [0, 0.1) is 0 Å². The highest BCUT2D eigenvalue weighted by Gasteiger charge is 2.14. The number of nitrogens with one attached hydrogen (secondary N) is 1. The summed E-state index contributed by atoms with van der Waals surface area (Å²) in [6.45, 7) is 0.599. The van der Waals surface area contributed by atoms with E-state index in [4.69, 9.17) is 42.1 Å². The molecule has 0 fully saturated rings. The molecule has 4 rings (SSSR count). The normalized spacial score (nSPS) is 10.8. The van der Waals surface area contributed by atoms with Crippen LogP contribution in [0.1, 0.15) is 27.0 Å². The minimum absolute atomic E-state index is 0.221. The first kappa shape index (κ1) is 27.8. The van der Waals surface area contributed by atoms with Crippen LogP contribution < -0.4 is 24.4 Å². The molecule has 0 heterocycles. The largest absolute Gasteiger partial charge is 0.493 e. The van der Waals surface area contributed by atoms with Gasteiger partial charge in [-0.3, -0.25) is 4.79 Å². The predicted octanol–water partition coefficient (Wildman–Crippen LogP) is 6.93. The van der Waals surface area contributed by atoms with Crippen LogP contribution in [0.5, 0.6) is 23.0 Å². The summed E-state index contributed by atoms with van der Waals surface area (Å²) in [5, 5.41) is 4.97. The Morgan fingerprint density at radius 3 is 2.28 bits per heavy atom. The topological polar surface area (TPSA) is 78.4 Å². The number of nitrogens with zero attached hydrogens (tertiary/aromatic N) is 1. The maximum Gasteiger partial charge on any atom is 0.271 e. The molecule has 200 valence electrons. The number of hydrogen-bond acceptors (Lipinski definition) is 6. The second kappa shape index (κ2) is 13.6. The minimum atomic E-state index is -0.420. The Morgan fingerprint density at radius 2 is 1.54 bits per heavy atom. The third-order valence-electron chi connectivity index (χ3n) is 5.62. The molecule has 1 amide bonds. The van der Waals surface area contributed by atoms with E-state index in [1.807, 2.05) is 48.5 Å². The molecule has 0 aromatic heterocycles. The number of methoxy groups -OCH3 is 2.